The predicted molar refractivity (Wildman–Crippen MR) is 87.4 cm³/mol. The van der Waals surface area contributed by atoms with Gasteiger partial charge in [0.15, 0.2) is 6.29 Å². The molecule has 0 amide bonds. The van der Waals surface area contributed by atoms with Gasteiger partial charge in [-0.15, -0.1) is 0 Å². The van der Waals surface area contributed by atoms with Gasteiger partial charge in [0.1, 0.15) is 5.60 Å². The Hall–Kier alpha value is -0.160. The Morgan fingerprint density at radius 1 is 1.08 bits per heavy atom. The third-order valence-electron chi connectivity index (χ3n) is 8.92. The highest BCUT2D eigenvalue weighted by Crippen LogP contribution is 2.83. The maximum absolute atomic E-state index is 6.92. The molecule has 0 aromatic heterocycles. The molecule has 24 heavy (non-hydrogen) atoms. The van der Waals surface area contributed by atoms with E-state index in [0.717, 1.165) is 32.7 Å². The molecular formula is C20H30O4. The van der Waals surface area contributed by atoms with Crippen LogP contribution in [-0.2, 0) is 18.9 Å². The zero-order chi connectivity index (χ0) is 16.5. The van der Waals surface area contributed by atoms with Gasteiger partial charge >= 0.3 is 0 Å². The molecule has 0 radical (unpaired) electrons. The van der Waals surface area contributed by atoms with Gasteiger partial charge in [-0.2, -0.15) is 0 Å². The molecule has 2 spiro atoms. The molecule has 4 heteroatoms. The lowest BCUT2D eigenvalue weighted by Crippen LogP contribution is -2.53. The van der Waals surface area contributed by atoms with Crippen molar-refractivity contribution in [2.75, 3.05) is 19.8 Å². The van der Waals surface area contributed by atoms with Gasteiger partial charge in [0.2, 0.25) is 0 Å². The highest BCUT2D eigenvalue weighted by Gasteiger charge is 2.90. The first-order valence-electron chi connectivity index (χ1n) is 9.89. The van der Waals surface area contributed by atoms with Crippen LogP contribution in [0.2, 0.25) is 0 Å². The molecule has 0 aromatic carbocycles. The van der Waals surface area contributed by atoms with E-state index >= 15 is 0 Å². The largest absolute Gasteiger partial charge is 0.377 e. The minimum Gasteiger partial charge on any atom is -0.377 e. The number of ether oxygens (including phenoxy) is 4. The quantitative estimate of drug-likeness (QED) is 0.682. The lowest BCUT2D eigenvalue weighted by Gasteiger charge is -2.47. The Balaban J connectivity index is 1.59. The Morgan fingerprint density at radius 3 is 2.71 bits per heavy atom. The normalized spacial score (nSPS) is 63.5. The van der Waals surface area contributed by atoms with Crippen molar-refractivity contribution in [1.29, 1.82) is 0 Å². The molecule has 2 aliphatic carbocycles. The van der Waals surface area contributed by atoms with Crippen LogP contribution >= 0.6 is 0 Å². The molecule has 0 N–H and O–H groups in total. The summed E-state index contributed by atoms with van der Waals surface area (Å²) in [4.78, 5) is 0. The van der Waals surface area contributed by atoms with E-state index in [1.807, 2.05) is 0 Å². The maximum Gasteiger partial charge on any atom is 0.165 e. The van der Waals surface area contributed by atoms with Gasteiger partial charge < -0.3 is 18.9 Å². The minimum absolute atomic E-state index is 0.0237. The predicted octanol–water partition coefficient (Wildman–Crippen LogP) is 2.99. The average Bonchev–Trinajstić information content (AvgIpc) is 3.21. The summed E-state index contributed by atoms with van der Waals surface area (Å²) in [6.45, 7) is 12.0. The van der Waals surface area contributed by atoms with Crippen LogP contribution in [0.15, 0.2) is 0 Å². The second-order valence-electron chi connectivity index (χ2n) is 10.5. The van der Waals surface area contributed by atoms with Crippen LogP contribution in [0.4, 0.5) is 0 Å². The molecule has 6 aliphatic rings. The first-order valence-corrected chi connectivity index (χ1v) is 9.89. The number of hydrogen-bond donors (Lipinski definition) is 0. The zero-order valence-electron chi connectivity index (χ0n) is 15.3. The van der Waals surface area contributed by atoms with Gasteiger partial charge in [-0.25, -0.2) is 0 Å². The zero-order valence-corrected chi connectivity index (χ0v) is 15.3. The average molecular weight is 334 g/mol. The van der Waals surface area contributed by atoms with Crippen LogP contribution < -0.4 is 0 Å². The number of fused-ring (bicyclic) bond motifs is 1. The topological polar surface area (TPSA) is 36.9 Å². The van der Waals surface area contributed by atoms with Gasteiger partial charge in [0.05, 0.1) is 25.4 Å². The first-order chi connectivity index (χ1) is 11.4. The minimum atomic E-state index is -0.163. The van der Waals surface area contributed by atoms with Crippen molar-refractivity contribution < 1.29 is 18.9 Å². The second kappa shape index (κ2) is 4.05. The molecule has 9 atom stereocenters. The van der Waals surface area contributed by atoms with Crippen molar-refractivity contribution in [2.24, 2.45) is 34.0 Å². The van der Waals surface area contributed by atoms with Gasteiger partial charge in [-0.05, 0) is 36.5 Å². The molecule has 2 saturated carbocycles. The van der Waals surface area contributed by atoms with E-state index in [-0.39, 0.29) is 28.1 Å². The first kappa shape index (κ1) is 15.0. The highest BCUT2D eigenvalue weighted by atomic mass is 16.7. The molecule has 4 nitrogen and oxygen atoms in total. The van der Waals surface area contributed by atoms with E-state index in [9.17, 15) is 0 Å². The van der Waals surface area contributed by atoms with Gasteiger partial charge in [-0.3, -0.25) is 0 Å². The lowest BCUT2D eigenvalue weighted by molar-refractivity contribution is -0.197. The van der Waals surface area contributed by atoms with E-state index in [1.54, 1.807) is 0 Å². The van der Waals surface area contributed by atoms with Crippen molar-refractivity contribution in [3.05, 3.63) is 0 Å². The van der Waals surface area contributed by atoms with E-state index < -0.39 is 0 Å². The fraction of sp³-hybridized carbons (Fsp3) is 1.00. The summed E-state index contributed by atoms with van der Waals surface area (Å²) in [5.74, 6) is 1.63. The summed E-state index contributed by atoms with van der Waals surface area (Å²) in [5.41, 5.74) is 0.324. The molecule has 4 saturated heterocycles. The Labute approximate surface area is 144 Å². The standard InChI is InChI=1S/C20H30O4/c1-11-9-22-12-8-19-14-7-13(17(2,3)4)18(19)5-6-21-16(18)24-20(19,10-23-14)15(11)12/h11-16H,5-10H2,1-4H3/t11-,12?,13+,14?,15+,16?,18?,19?,20+/m1/s1. The summed E-state index contributed by atoms with van der Waals surface area (Å²) < 4.78 is 25.9. The number of rotatable bonds is 0. The molecule has 4 heterocycles. The Morgan fingerprint density at radius 2 is 1.92 bits per heavy atom. The SMILES string of the molecule is C[C@@H]1COC2CC34C5C[C@@H](C(C)(C)C)C36CCOC6O[C@@]4(CO5)[C@H]21. The molecule has 0 aromatic rings. The van der Waals surface area contributed by atoms with Crippen LogP contribution in [0.5, 0.6) is 0 Å². The summed E-state index contributed by atoms with van der Waals surface area (Å²) in [6, 6.07) is 0. The molecule has 134 valence electrons. The third-order valence-corrected chi connectivity index (χ3v) is 8.92. The van der Waals surface area contributed by atoms with E-state index in [4.69, 9.17) is 18.9 Å². The van der Waals surface area contributed by atoms with Crippen LogP contribution in [-0.4, -0.2) is 43.9 Å². The van der Waals surface area contributed by atoms with Crippen molar-refractivity contribution in [3.8, 4) is 0 Å². The lowest BCUT2D eigenvalue weighted by atomic mass is 9.53. The highest BCUT2D eigenvalue weighted by molar-refractivity contribution is 5.35. The van der Waals surface area contributed by atoms with Crippen molar-refractivity contribution in [2.45, 2.75) is 71.1 Å². The van der Waals surface area contributed by atoms with Crippen molar-refractivity contribution >= 4 is 0 Å². The fourth-order valence-corrected chi connectivity index (χ4v) is 8.51. The molecule has 6 rings (SSSR count). The molecule has 5 unspecified atom stereocenters. The molecule has 6 fully saturated rings. The second-order valence-corrected chi connectivity index (χ2v) is 10.5. The Kier molecular flexibility index (Phi) is 2.53. The molecule has 4 aliphatic heterocycles. The third kappa shape index (κ3) is 1.23. The van der Waals surface area contributed by atoms with Crippen LogP contribution in [0.1, 0.15) is 47.0 Å². The van der Waals surface area contributed by atoms with Gasteiger partial charge in [0.25, 0.3) is 0 Å². The number of hydrogen-bond acceptors (Lipinski definition) is 4. The summed E-state index contributed by atoms with van der Waals surface area (Å²) in [5, 5.41) is 0. The van der Waals surface area contributed by atoms with Gasteiger partial charge in [-0.1, -0.05) is 27.7 Å². The summed E-state index contributed by atoms with van der Waals surface area (Å²) in [6.07, 6.45) is 4.10. The summed E-state index contributed by atoms with van der Waals surface area (Å²) >= 11 is 0. The maximum atomic E-state index is 6.92. The molecular weight excluding hydrogens is 304 g/mol. The van der Waals surface area contributed by atoms with Crippen molar-refractivity contribution in [3.63, 3.8) is 0 Å². The van der Waals surface area contributed by atoms with Crippen LogP contribution in [0.25, 0.3) is 0 Å². The van der Waals surface area contributed by atoms with E-state index in [2.05, 4.69) is 27.7 Å². The Bertz CT molecular complexity index is 599. The van der Waals surface area contributed by atoms with Gasteiger partial charge in [0, 0.05) is 23.4 Å². The van der Waals surface area contributed by atoms with E-state index in [1.165, 1.54) is 6.42 Å². The fourth-order valence-electron chi connectivity index (χ4n) is 8.51. The van der Waals surface area contributed by atoms with Crippen LogP contribution in [0, 0.1) is 34.0 Å². The smallest absolute Gasteiger partial charge is 0.165 e. The van der Waals surface area contributed by atoms with E-state index in [0.29, 0.717) is 30.0 Å². The summed E-state index contributed by atoms with van der Waals surface area (Å²) in [7, 11) is 0. The molecule has 0 bridgehead atoms. The monoisotopic (exact) mass is 334 g/mol. The van der Waals surface area contributed by atoms with Crippen molar-refractivity contribution in [1.82, 2.24) is 0 Å². The van der Waals surface area contributed by atoms with Crippen LogP contribution in [0.3, 0.4) is 0 Å².